The van der Waals surface area contributed by atoms with Crippen LogP contribution in [0.3, 0.4) is 0 Å². The van der Waals surface area contributed by atoms with E-state index < -0.39 is 5.56 Å². The maximum Gasteiger partial charge on any atom is 0.285 e. The number of fused-ring (bicyclic) bond motifs is 1. The molecular formula is C13H12ClN5O. The fourth-order valence-electron chi connectivity index (χ4n) is 2.11. The Bertz CT molecular complexity index is 688. The lowest BCUT2D eigenvalue weighted by atomic mass is 9.92. The van der Waals surface area contributed by atoms with Crippen LogP contribution in [0.5, 0.6) is 0 Å². The third-order valence-electron chi connectivity index (χ3n) is 3.13. The molecule has 3 N–H and O–H groups in total. The lowest BCUT2D eigenvalue weighted by molar-refractivity contribution is 0.701. The van der Waals surface area contributed by atoms with Crippen molar-refractivity contribution in [2.45, 2.75) is 6.04 Å². The summed E-state index contributed by atoms with van der Waals surface area (Å²) in [4.78, 5) is 15.7. The van der Waals surface area contributed by atoms with Gasteiger partial charge in [0.15, 0.2) is 0 Å². The monoisotopic (exact) mass is 289 g/mol. The van der Waals surface area contributed by atoms with Crippen LogP contribution in [-0.4, -0.2) is 22.5 Å². The molecule has 1 aromatic rings. The highest BCUT2D eigenvalue weighted by Crippen LogP contribution is 2.27. The minimum atomic E-state index is -0.436. The molecule has 6 nitrogen and oxygen atoms in total. The molecule has 0 saturated heterocycles. The van der Waals surface area contributed by atoms with Gasteiger partial charge in [0, 0.05) is 18.3 Å². The number of nitrogens with zero attached hydrogens (tertiary/aromatic N) is 2. The van der Waals surface area contributed by atoms with Gasteiger partial charge in [-0.3, -0.25) is 15.2 Å². The van der Waals surface area contributed by atoms with Crippen LogP contribution in [0.15, 0.2) is 52.1 Å². The Balaban J connectivity index is 1.68. The van der Waals surface area contributed by atoms with Gasteiger partial charge in [-0.2, -0.15) is 5.10 Å². The van der Waals surface area contributed by atoms with E-state index in [-0.39, 0.29) is 17.0 Å². The third-order valence-corrected chi connectivity index (χ3v) is 3.50. The molecule has 2 unspecified atom stereocenters. The molecule has 0 aromatic carbocycles. The summed E-state index contributed by atoms with van der Waals surface area (Å²) in [6.45, 7) is 0. The normalized spacial score (nSPS) is 24.9. The van der Waals surface area contributed by atoms with Crippen LogP contribution in [0.2, 0.25) is 5.02 Å². The number of nitrogens with one attached hydrogen (secondary N) is 3. The highest BCUT2D eigenvalue weighted by Gasteiger charge is 2.25. The summed E-state index contributed by atoms with van der Waals surface area (Å²) in [7, 11) is 0. The Labute approximate surface area is 119 Å². The van der Waals surface area contributed by atoms with Crippen molar-refractivity contribution < 1.29 is 0 Å². The molecule has 102 valence electrons. The van der Waals surface area contributed by atoms with Crippen molar-refractivity contribution in [1.29, 1.82) is 0 Å². The molecule has 20 heavy (non-hydrogen) atoms. The maximum atomic E-state index is 11.3. The molecular weight excluding hydrogens is 278 g/mol. The molecule has 0 spiro atoms. The highest BCUT2D eigenvalue weighted by molar-refractivity contribution is 6.32. The number of halogens is 1. The van der Waals surface area contributed by atoms with Crippen LogP contribution in [0.1, 0.15) is 0 Å². The molecule has 0 fully saturated rings. The standard InChI is InChI=1S/C13H12ClN5O/c14-12-11(7-17-19-13(12)20)18-16-6-8-5-15-10-4-2-1-3-9(8)10/h1-7,9-10,16H,(H2,18,19,20). The van der Waals surface area contributed by atoms with E-state index in [0.717, 1.165) is 5.57 Å². The van der Waals surface area contributed by atoms with E-state index in [1.165, 1.54) is 6.20 Å². The van der Waals surface area contributed by atoms with Crippen LogP contribution in [-0.2, 0) is 0 Å². The van der Waals surface area contributed by atoms with Gasteiger partial charge in [0.05, 0.1) is 17.9 Å². The molecule has 2 heterocycles. The quantitative estimate of drug-likeness (QED) is 0.735. The first kappa shape index (κ1) is 12.7. The molecule has 1 aromatic heterocycles. The van der Waals surface area contributed by atoms with Crippen LogP contribution < -0.4 is 16.4 Å². The fourth-order valence-corrected chi connectivity index (χ4v) is 2.24. The van der Waals surface area contributed by atoms with Gasteiger partial charge in [0.1, 0.15) is 5.02 Å². The number of anilines is 1. The summed E-state index contributed by atoms with van der Waals surface area (Å²) in [6.07, 6.45) is 13.2. The summed E-state index contributed by atoms with van der Waals surface area (Å²) < 4.78 is 0. The molecule has 0 radical (unpaired) electrons. The van der Waals surface area contributed by atoms with Gasteiger partial charge >= 0.3 is 0 Å². The van der Waals surface area contributed by atoms with Gasteiger partial charge in [-0.15, -0.1) is 0 Å². The number of hydrogen-bond donors (Lipinski definition) is 3. The largest absolute Gasteiger partial charge is 0.308 e. The number of aliphatic imine (C=N–C) groups is 1. The van der Waals surface area contributed by atoms with E-state index in [1.54, 1.807) is 6.20 Å². The summed E-state index contributed by atoms with van der Waals surface area (Å²) in [5.74, 6) is 0.252. The second-order valence-corrected chi connectivity index (χ2v) is 4.78. The smallest absolute Gasteiger partial charge is 0.285 e. The van der Waals surface area contributed by atoms with E-state index in [1.807, 2.05) is 18.4 Å². The highest BCUT2D eigenvalue weighted by atomic mass is 35.5. The van der Waals surface area contributed by atoms with Crippen molar-refractivity contribution in [3.8, 4) is 0 Å². The minimum Gasteiger partial charge on any atom is -0.308 e. The Morgan fingerprint density at radius 1 is 1.35 bits per heavy atom. The van der Waals surface area contributed by atoms with Gasteiger partial charge < -0.3 is 5.43 Å². The Kier molecular flexibility index (Phi) is 3.39. The third kappa shape index (κ3) is 2.37. The Hall–Kier alpha value is -2.34. The predicted molar refractivity (Wildman–Crippen MR) is 78.8 cm³/mol. The second-order valence-electron chi connectivity index (χ2n) is 4.40. The molecule has 3 rings (SSSR count). The van der Waals surface area contributed by atoms with Gasteiger partial charge in [-0.25, -0.2) is 5.10 Å². The number of aromatic nitrogens is 2. The van der Waals surface area contributed by atoms with Crippen molar-refractivity contribution in [2.75, 3.05) is 5.43 Å². The molecule has 2 atom stereocenters. The van der Waals surface area contributed by atoms with Crippen molar-refractivity contribution in [3.05, 3.63) is 57.7 Å². The van der Waals surface area contributed by atoms with Crippen LogP contribution in [0, 0.1) is 5.92 Å². The van der Waals surface area contributed by atoms with Crippen LogP contribution in [0.25, 0.3) is 0 Å². The predicted octanol–water partition coefficient (Wildman–Crippen LogP) is 1.42. The summed E-state index contributed by atoms with van der Waals surface area (Å²) in [6, 6.07) is 0.179. The number of hydrogen-bond acceptors (Lipinski definition) is 5. The van der Waals surface area contributed by atoms with E-state index in [4.69, 9.17) is 11.6 Å². The number of allylic oxidation sites excluding steroid dienone is 2. The first-order valence-corrected chi connectivity index (χ1v) is 6.46. The Morgan fingerprint density at radius 2 is 2.20 bits per heavy atom. The van der Waals surface area contributed by atoms with E-state index in [2.05, 4.69) is 38.2 Å². The van der Waals surface area contributed by atoms with Crippen molar-refractivity contribution in [3.63, 3.8) is 0 Å². The Morgan fingerprint density at radius 3 is 3.10 bits per heavy atom. The minimum absolute atomic E-state index is 0.0596. The molecule has 0 saturated carbocycles. The van der Waals surface area contributed by atoms with E-state index in [9.17, 15) is 4.79 Å². The zero-order valence-corrected chi connectivity index (χ0v) is 11.1. The average molecular weight is 290 g/mol. The zero-order valence-electron chi connectivity index (χ0n) is 10.4. The second kappa shape index (κ2) is 5.34. The van der Waals surface area contributed by atoms with Crippen LogP contribution in [0.4, 0.5) is 5.69 Å². The molecule has 1 aliphatic heterocycles. The summed E-state index contributed by atoms with van der Waals surface area (Å²) >= 11 is 5.85. The lowest BCUT2D eigenvalue weighted by Gasteiger charge is -2.15. The maximum absolute atomic E-state index is 11.3. The summed E-state index contributed by atoms with van der Waals surface area (Å²) in [5.41, 5.74) is 6.77. The first-order chi connectivity index (χ1) is 9.75. The van der Waals surface area contributed by atoms with Crippen molar-refractivity contribution >= 4 is 23.5 Å². The van der Waals surface area contributed by atoms with Crippen LogP contribution >= 0.6 is 11.6 Å². The lowest BCUT2D eigenvalue weighted by Crippen LogP contribution is -2.21. The van der Waals surface area contributed by atoms with E-state index >= 15 is 0 Å². The average Bonchev–Trinajstić information content (AvgIpc) is 2.87. The van der Waals surface area contributed by atoms with Gasteiger partial charge in [0.2, 0.25) is 0 Å². The fraction of sp³-hybridized carbons (Fsp3) is 0.154. The molecule has 1 aliphatic carbocycles. The number of H-pyrrole nitrogens is 1. The van der Waals surface area contributed by atoms with Crippen molar-refractivity contribution in [2.24, 2.45) is 10.9 Å². The SMILES string of the molecule is O=c1[nH]ncc(NNC=C2C=NC3C=CC=CC23)c1Cl. The van der Waals surface area contributed by atoms with Gasteiger partial charge in [-0.05, 0) is 5.57 Å². The van der Waals surface area contributed by atoms with Crippen molar-refractivity contribution in [1.82, 2.24) is 15.6 Å². The number of hydrazine groups is 1. The molecule has 0 amide bonds. The molecule has 7 heteroatoms. The van der Waals surface area contributed by atoms with E-state index in [0.29, 0.717) is 5.69 Å². The number of aromatic amines is 1. The number of rotatable bonds is 3. The summed E-state index contributed by atoms with van der Waals surface area (Å²) in [5, 5.41) is 5.98. The van der Waals surface area contributed by atoms with Gasteiger partial charge in [-0.1, -0.05) is 35.9 Å². The molecule has 2 aliphatic rings. The zero-order chi connectivity index (χ0) is 13.9. The molecule has 0 bridgehead atoms. The topological polar surface area (TPSA) is 82.2 Å². The first-order valence-electron chi connectivity index (χ1n) is 6.08. The van der Waals surface area contributed by atoms with Gasteiger partial charge in [0.25, 0.3) is 5.56 Å².